The minimum atomic E-state index is -4.46. The highest BCUT2D eigenvalue weighted by atomic mass is 32.2. The molecule has 0 radical (unpaired) electrons. The Balaban J connectivity index is 1.43. The molecule has 0 saturated carbocycles. The number of benzene rings is 3. The number of sulfonamides is 1. The van der Waals surface area contributed by atoms with Gasteiger partial charge in [0.2, 0.25) is 21.1 Å². The fourth-order valence-electron chi connectivity index (χ4n) is 4.16. The van der Waals surface area contributed by atoms with Gasteiger partial charge in [-0.3, -0.25) is 4.79 Å². The lowest BCUT2D eigenvalue weighted by molar-refractivity contribution is -0.137. The van der Waals surface area contributed by atoms with Crippen LogP contribution in [0.2, 0.25) is 0 Å². The number of ether oxygens (including phenoxy) is 2. The zero-order chi connectivity index (χ0) is 31.0. The number of hydrogen-bond donors (Lipinski definition) is 1. The molecule has 0 unspecified atom stereocenters. The van der Waals surface area contributed by atoms with E-state index in [2.05, 4.69) is 15.5 Å². The lowest BCUT2D eigenvalue weighted by atomic mass is 10.1. The topological polar surface area (TPSA) is 111 Å². The molecule has 1 heterocycles. The second kappa shape index (κ2) is 14.0. The van der Waals surface area contributed by atoms with Gasteiger partial charge in [0.1, 0.15) is 5.01 Å². The Labute approximate surface area is 251 Å². The minimum Gasteiger partial charge on any atom is -0.493 e. The van der Waals surface area contributed by atoms with Crippen molar-refractivity contribution >= 4 is 32.4 Å². The van der Waals surface area contributed by atoms with Crippen LogP contribution in [0, 0.1) is 0 Å². The molecular formula is C29H29F3N4O5S2. The standard InChI is InChI=1S/C29H29F3N4O5S2/c1-40-24-13-8-20(18-25(24)41-2)14-16-36(43(38,39)19-21-6-4-3-5-7-21)17-15-26(37)33-28-35-34-27(42-28)22-9-11-23(12-10-22)29(30,31)32/h3-13,18H,14-17,19H2,1-2H3,(H,33,35,37). The highest BCUT2D eigenvalue weighted by molar-refractivity contribution is 7.88. The summed E-state index contributed by atoms with van der Waals surface area (Å²) in [5.74, 6) is 0.357. The van der Waals surface area contributed by atoms with E-state index in [0.29, 0.717) is 34.1 Å². The van der Waals surface area contributed by atoms with E-state index in [4.69, 9.17) is 9.47 Å². The molecule has 0 bridgehead atoms. The van der Waals surface area contributed by atoms with Crippen molar-refractivity contribution in [3.05, 3.63) is 89.5 Å². The average molecular weight is 635 g/mol. The highest BCUT2D eigenvalue weighted by Gasteiger charge is 2.30. The summed E-state index contributed by atoms with van der Waals surface area (Å²) in [7, 11) is -0.756. The summed E-state index contributed by atoms with van der Waals surface area (Å²) in [5.41, 5.74) is 1.07. The molecule has 3 aromatic carbocycles. The van der Waals surface area contributed by atoms with Crippen molar-refractivity contribution in [3.8, 4) is 22.1 Å². The maximum atomic E-state index is 13.4. The first-order valence-electron chi connectivity index (χ1n) is 13.0. The first-order valence-corrected chi connectivity index (χ1v) is 15.4. The number of rotatable bonds is 13. The molecular weight excluding hydrogens is 605 g/mol. The van der Waals surface area contributed by atoms with Crippen LogP contribution in [0.3, 0.4) is 0 Å². The van der Waals surface area contributed by atoms with Crippen LogP contribution in [0.5, 0.6) is 11.5 Å². The predicted molar refractivity (Wildman–Crippen MR) is 157 cm³/mol. The number of carbonyl (C=O) groups is 1. The summed E-state index contributed by atoms with van der Waals surface area (Å²) in [6, 6.07) is 18.5. The molecule has 14 heteroatoms. The Morgan fingerprint density at radius 2 is 1.60 bits per heavy atom. The van der Waals surface area contributed by atoms with Crippen molar-refractivity contribution in [3.63, 3.8) is 0 Å². The number of nitrogens with one attached hydrogen (secondary N) is 1. The number of alkyl halides is 3. The largest absolute Gasteiger partial charge is 0.493 e. The first-order chi connectivity index (χ1) is 20.5. The van der Waals surface area contributed by atoms with Gasteiger partial charge in [0.15, 0.2) is 11.5 Å². The second-order valence-electron chi connectivity index (χ2n) is 9.37. The SMILES string of the molecule is COc1ccc(CCN(CCC(=O)Nc2nnc(-c3ccc(C(F)(F)F)cc3)s2)S(=O)(=O)Cc2ccccc2)cc1OC. The highest BCUT2D eigenvalue weighted by Crippen LogP contribution is 2.32. The minimum absolute atomic E-state index is 0.0845. The molecule has 0 atom stereocenters. The summed E-state index contributed by atoms with van der Waals surface area (Å²) >= 11 is 0.994. The molecule has 0 spiro atoms. The van der Waals surface area contributed by atoms with Crippen molar-refractivity contribution in [1.29, 1.82) is 0 Å². The van der Waals surface area contributed by atoms with Crippen LogP contribution in [0.25, 0.3) is 10.6 Å². The van der Waals surface area contributed by atoms with Gasteiger partial charge in [-0.05, 0) is 41.8 Å². The Morgan fingerprint density at radius 3 is 2.26 bits per heavy atom. The molecule has 4 aromatic rings. The Hall–Kier alpha value is -4.01. The molecule has 43 heavy (non-hydrogen) atoms. The van der Waals surface area contributed by atoms with Crippen LogP contribution < -0.4 is 14.8 Å². The van der Waals surface area contributed by atoms with E-state index >= 15 is 0 Å². The third-order valence-electron chi connectivity index (χ3n) is 6.40. The number of methoxy groups -OCH3 is 2. The molecule has 0 aliphatic heterocycles. The maximum absolute atomic E-state index is 13.4. The molecule has 228 valence electrons. The number of aromatic nitrogens is 2. The zero-order valence-corrected chi connectivity index (χ0v) is 24.9. The van der Waals surface area contributed by atoms with Crippen molar-refractivity contribution < 1.29 is 35.9 Å². The number of halogens is 3. The van der Waals surface area contributed by atoms with E-state index in [9.17, 15) is 26.4 Å². The van der Waals surface area contributed by atoms with Gasteiger partial charge in [0.05, 0.1) is 25.5 Å². The number of hydrogen-bond acceptors (Lipinski definition) is 8. The lowest BCUT2D eigenvalue weighted by Crippen LogP contribution is -2.36. The van der Waals surface area contributed by atoms with Crippen LogP contribution >= 0.6 is 11.3 Å². The Bertz CT molecular complexity index is 1630. The van der Waals surface area contributed by atoms with Gasteiger partial charge in [-0.15, -0.1) is 10.2 Å². The second-order valence-corrected chi connectivity index (χ2v) is 12.3. The zero-order valence-electron chi connectivity index (χ0n) is 23.3. The van der Waals surface area contributed by atoms with Gasteiger partial charge >= 0.3 is 6.18 Å². The van der Waals surface area contributed by atoms with Crippen molar-refractivity contribution in [2.24, 2.45) is 0 Å². The molecule has 1 amide bonds. The van der Waals surface area contributed by atoms with Gasteiger partial charge in [0, 0.05) is 25.1 Å². The van der Waals surface area contributed by atoms with Crippen molar-refractivity contribution in [2.75, 3.05) is 32.6 Å². The molecule has 9 nitrogen and oxygen atoms in total. The number of nitrogens with zero attached hydrogens (tertiary/aromatic N) is 3. The van der Waals surface area contributed by atoms with Crippen LogP contribution in [-0.2, 0) is 33.2 Å². The van der Waals surface area contributed by atoms with Crippen LogP contribution in [0.4, 0.5) is 18.3 Å². The fraction of sp³-hybridized carbons (Fsp3) is 0.276. The molecule has 0 aliphatic carbocycles. The summed E-state index contributed by atoms with van der Waals surface area (Å²) in [5, 5.41) is 10.9. The third kappa shape index (κ3) is 8.75. The summed E-state index contributed by atoms with van der Waals surface area (Å²) in [6.45, 7) is 0.0354. The monoisotopic (exact) mass is 634 g/mol. The van der Waals surface area contributed by atoms with Gasteiger partial charge in [-0.1, -0.05) is 59.9 Å². The molecule has 4 rings (SSSR count). The molecule has 0 saturated heterocycles. The van der Waals surface area contributed by atoms with Crippen LogP contribution in [-0.4, -0.2) is 56.1 Å². The molecule has 0 aliphatic rings. The van der Waals surface area contributed by atoms with Gasteiger partial charge in [-0.2, -0.15) is 13.2 Å². The van der Waals surface area contributed by atoms with E-state index < -0.39 is 27.7 Å². The number of anilines is 1. The van der Waals surface area contributed by atoms with E-state index in [1.54, 1.807) is 42.5 Å². The maximum Gasteiger partial charge on any atom is 0.416 e. The molecule has 1 N–H and O–H groups in total. The van der Waals surface area contributed by atoms with E-state index in [1.165, 1.54) is 30.7 Å². The Kier molecular flexibility index (Phi) is 10.4. The number of carbonyl (C=O) groups excluding carboxylic acids is 1. The molecule has 1 aromatic heterocycles. The van der Waals surface area contributed by atoms with Crippen molar-refractivity contribution in [1.82, 2.24) is 14.5 Å². The van der Waals surface area contributed by atoms with Crippen molar-refractivity contribution in [2.45, 2.75) is 24.8 Å². The fourth-order valence-corrected chi connectivity index (χ4v) is 6.46. The summed E-state index contributed by atoms with van der Waals surface area (Å²) in [6.07, 6.45) is -4.25. The van der Waals surface area contributed by atoms with Gasteiger partial charge in [0.25, 0.3) is 0 Å². The van der Waals surface area contributed by atoms with Crippen LogP contribution in [0.1, 0.15) is 23.1 Å². The average Bonchev–Trinajstić information content (AvgIpc) is 3.45. The normalized spacial score (nSPS) is 11.9. The molecule has 0 fully saturated rings. The smallest absolute Gasteiger partial charge is 0.416 e. The third-order valence-corrected chi connectivity index (χ3v) is 9.14. The van der Waals surface area contributed by atoms with E-state index in [0.717, 1.165) is 29.0 Å². The lowest BCUT2D eigenvalue weighted by Gasteiger charge is -2.22. The van der Waals surface area contributed by atoms with Crippen LogP contribution in [0.15, 0.2) is 72.8 Å². The van der Waals surface area contributed by atoms with Gasteiger partial charge in [-0.25, -0.2) is 12.7 Å². The van der Waals surface area contributed by atoms with Gasteiger partial charge < -0.3 is 14.8 Å². The summed E-state index contributed by atoms with van der Waals surface area (Å²) in [4.78, 5) is 12.8. The first kappa shape index (κ1) is 31.9. The quantitative estimate of drug-likeness (QED) is 0.203. The van der Waals surface area contributed by atoms with E-state index in [1.807, 2.05) is 6.07 Å². The predicted octanol–water partition coefficient (Wildman–Crippen LogP) is 5.64. The summed E-state index contributed by atoms with van der Waals surface area (Å²) < 4.78 is 77.3. The Morgan fingerprint density at radius 1 is 0.907 bits per heavy atom. The number of amides is 1. The van der Waals surface area contributed by atoms with E-state index in [-0.39, 0.29) is 30.4 Å².